The number of rotatable bonds is 4. The Morgan fingerprint density at radius 2 is 2.05 bits per heavy atom. The van der Waals surface area contributed by atoms with Gasteiger partial charge in [-0.1, -0.05) is 33.6 Å². The highest BCUT2D eigenvalue weighted by atomic mass is 79.9. The number of anilines is 1. The molecule has 0 aliphatic rings. The largest absolute Gasteiger partial charge is 0.381 e. The predicted octanol–water partition coefficient (Wildman–Crippen LogP) is 4.93. The summed E-state index contributed by atoms with van der Waals surface area (Å²) in [7, 11) is 0. The molecular formula is C14H12BrClN2O2. The smallest absolute Gasteiger partial charge is 0.269 e. The molecule has 0 atom stereocenters. The Labute approximate surface area is 130 Å². The Morgan fingerprint density at radius 1 is 1.30 bits per heavy atom. The molecule has 0 heterocycles. The first-order valence-corrected chi connectivity index (χ1v) is 7.07. The zero-order valence-electron chi connectivity index (χ0n) is 10.7. The number of nitro benzene ring substituents is 1. The summed E-state index contributed by atoms with van der Waals surface area (Å²) in [5, 5.41) is 14.5. The van der Waals surface area contributed by atoms with Crippen LogP contribution in [0.3, 0.4) is 0 Å². The molecule has 2 rings (SSSR count). The molecule has 2 aromatic carbocycles. The molecule has 20 heavy (non-hydrogen) atoms. The topological polar surface area (TPSA) is 55.2 Å². The Hall–Kier alpha value is -1.59. The van der Waals surface area contributed by atoms with Crippen LogP contribution in [0, 0.1) is 17.0 Å². The average molecular weight is 356 g/mol. The highest BCUT2D eigenvalue weighted by molar-refractivity contribution is 9.10. The van der Waals surface area contributed by atoms with E-state index < -0.39 is 4.92 Å². The number of hydrogen-bond donors (Lipinski definition) is 1. The first kappa shape index (κ1) is 14.8. The fourth-order valence-electron chi connectivity index (χ4n) is 1.79. The molecule has 0 aliphatic heterocycles. The standard InChI is InChI=1S/C14H12BrClN2O2/c1-9-2-3-11(15)7-14(9)17-8-10-6-12(18(19)20)4-5-13(10)16/h2-7,17H,8H2,1H3. The van der Waals surface area contributed by atoms with Gasteiger partial charge in [0.2, 0.25) is 0 Å². The van der Waals surface area contributed by atoms with Crippen molar-refractivity contribution < 1.29 is 4.92 Å². The van der Waals surface area contributed by atoms with Gasteiger partial charge >= 0.3 is 0 Å². The van der Waals surface area contributed by atoms with Gasteiger partial charge in [0.05, 0.1) is 4.92 Å². The van der Waals surface area contributed by atoms with E-state index >= 15 is 0 Å². The lowest BCUT2D eigenvalue weighted by atomic mass is 10.1. The van der Waals surface area contributed by atoms with E-state index in [4.69, 9.17) is 11.6 Å². The van der Waals surface area contributed by atoms with Crippen molar-refractivity contribution in [1.82, 2.24) is 0 Å². The van der Waals surface area contributed by atoms with Crippen molar-refractivity contribution >= 4 is 38.9 Å². The molecule has 0 unspecified atom stereocenters. The van der Waals surface area contributed by atoms with E-state index in [9.17, 15) is 10.1 Å². The van der Waals surface area contributed by atoms with Gasteiger partial charge in [-0.05, 0) is 36.2 Å². The number of non-ortho nitro benzene ring substituents is 1. The van der Waals surface area contributed by atoms with Crippen LogP contribution in [-0.2, 0) is 6.54 Å². The highest BCUT2D eigenvalue weighted by Crippen LogP contribution is 2.25. The molecule has 0 saturated heterocycles. The lowest BCUT2D eigenvalue weighted by Gasteiger charge is -2.11. The lowest BCUT2D eigenvalue weighted by molar-refractivity contribution is -0.384. The first-order valence-electron chi connectivity index (χ1n) is 5.90. The number of aryl methyl sites for hydroxylation is 1. The fraction of sp³-hybridized carbons (Fsp3) is 0.143. The summed E-state index contributed by atoms with van der Waals surface area (Å²) in [4.78, 5) is 10.3. The molecule has 0 bridgehead atoms. The predicted molar refractivity (Wildman–Crippen MR) is 84.3 cm³/mol. The van der Waals surface area contributed by atoms with E-state index in [1.807, 2.05) is 25.1 Å². The Morgan fingerprint density at radius 3 is 2.75 bits per heavy atom. The third-order valence-electron chi connectivity index (χ3n) is 2.91. The van der Waals surface area contributed by atoms with Gasteiger partial charge in [-0.15, -0.1) is 0 Å². The van der Waals surface area contributed by atoms with Crippen molar-refractivity contribution in [1.29, 1.82) is 0 Å². The van der Waals surface area contributed by atoms with Crippen LogP contribution in [0.25, 0.3) is 0 Å². The van der Waals surface area contributed by atoms with Gasteiger partial charge in [-0.2, -0.15) is 0 Å². The van der Waals surface area contributed by atoms with Crippen LogP contribution in [-0.4, -0.2) is 4.92 Å². The molecule has 0 aliphatic carbocycles. The molecule has 1 N–H and O–H groups in total. The van der Waals surface area contributed by atoms with Gasteiger partial charge in [0.1, 0.15) is 0 Å². The molecule has 0 saturated carbocycles. The maximum absolute atomic E-state index is 10.8. The summed E-state index contributed by atoms with van der Waals surface area (Å²) >= 11 is 9.48. The summed E-state index contributed by atoms with van der Waals surface area (Å²) in [5.41, 5.74) is 2.79. The molecule has 0 aromatic heterocycles. The van der Waals surface area contributed by atoms with Crippen molar-refractivity contribution in [3.8, 4) is 0 Å². The number of nitro groups is 1. The van der Waals surface area contributed by atoms with Crippen molar-refractivity contribution in [2.24, 2.45) is 0 Å². The Kier molecular flexibility index (Phi) is 4.62. The molecule has 2 aromatic rings. The minimum Gasteiger partial charge on any atom is -0.381 e. The van der Waals surface area contributed by atoms with Gasteiger partial charge in [0, 0.05) is 33.9 Å². The van der Waals surface area contributed by atoms with Crippen molar-refractivity contribution in [2.75, 3.05) is 5.32 Å². The van der Waals surface area contributed by atoms with Gasteiger partial charge in [0.25, 0.3) is 5.69 Å². The first-order chi connectivity index (χ1) is 9.47. The van der Waals surface area contributed by atoms with Gasteiger partial charge < -0.3 is 5.32 Å². The molecule has 0 spiro atoms. The van der Waals surface area contributed by atoms with E-state index in [1.54, 1.807) is 6.07 Å². The van der Waals surface area contributed by atoms with Crippen LogP contribution >= 0.6 is 27.5 Å². The van der Waals surface area contributed by atoms with Crippen LogP contribution in [0.1, 0.15) is 11.1 Å². The van der Waals surface area contributed by atoms with Crippen LogP contribution in [0.4, 0.5) is 11.4 Å². The van der Waals surface area contributed by atoms with E-state index in [-0.39, 0.29) is 5.69 Å². The van der Waals surface area contributed by atoms with Gasteiger partial charge in [-0.3, -0.25) is 10.1 Å². The maximum Gasteiger partial charge on any atom is 0.269 e. The normalized spacial score (nSPS) is 10.3. The zero-order valence-corrected chi connectivity index (χ0v) is 13.0. The number of nitrogens with one attached hydrogen (secondary N) is 1. The number of hydrogen-bond acceptors (Lipinski definition) is 3. The molecule has 4 nitrogen and oxygen atoms in total. The van der Waals surface area contributed by atoms with E-state index in [0.717, 1.165) is 15.7 Å². The van der Waals surface area contributed by atoms with E-state index in [1.165, 1.54) is 12.1 Å². The third kappa shape index (κ3) is 3.49. The van der Waals surface area contributed by atoms with Gasteiger partial charge in [-0.25, -0.2) is 0 Å². The van der Waals surface area contributed by atoms with Crippen LogP contribution in [0.2, 0.25) is 5.02 Å². The average Bonchev–Trinajstić information content (AvgIpc) is 2.41. The summed E-state index contributed by atoms with van der Waals surface area (Å²) in [6.07, 6.45) is 0. The van der Waals surface area contributed by atoms with E-state index in [0.29, 0.717) is 17.1 Å². The van der Waals surface area contributed by atoms with Crippen LogP contribution < -0.4 is 5.32 Å². The SMILES string of the molecule is Cc1ccc(Br)cc1NCc1cc([N+](=O)[O-])ccc1Cl. The summed E-state index contributed by atoms with van der Waals surface area (Å²) in [6, 6.07) is 10.3. The second-order valence-corrected chi connectivity index (χ2v) is 5.67. The van der Waals surface area contributed by atoms with Crippen molar-refractivity contribution in [2.45, 2.75) is 13.5 Å². The number of halogens is 2. The molecule has 6 heteroatoms. The summed E-state index contributed by atoms with van der Waals surface area (Å²) < 4.78 is 0.968. The number of nitrogens with zero attached hydrogens (tertiary/aromatic N) is 1. The summed E-state index contributed by atoms with van der Waals surface area (Å²) in [5.74, 6) is 0. The highest BCUT2D eigenvalue weighted by Gasteiger charge is 2.10. The molecule has 0 radical (unpaired) electrons. The maximum atomic E-state index is 10.8. The molecule has 0 fully saturated rings. The monoisotopic (exact) mass is 354 g/mol. The van der Waals surface area contributed by atoms with Crippen molar-refractivity contribution in [3.05, 3.63) is 67.1 Å². The van der Waals surface area contributed by atoms with E-state index in [2.05, 4.69) is 21.2 Å². The second kappa shape index (κ2) is 6.24. The quantitative estimate of drug-likeness (QED) is 0.625. The lowest BCUT2D eigenvalue weighted by Crippen LogP contribution is -2.02. The molecule has 104 valence electrons. The zero-order chi connectivity index (χ0) is 14.7. The Bertz CT molecular complexity index is 662. The van der Waals surface area contributed by atoms with Crippen LogP contribution in [0.15, 0.2) is 40.9 Å². The third-order valence-corrected chi connectivity index (χ3v) is 3.77. The minimum atomic E-state index is -0.426. The van der Waals surface area contributed by atoms with Crippen molar-refractivity contribution in [3.63, 3.8) is 0 Å². The second-order valence-electron chi connectivity index (χ2n) is 4.35. The van der Waals surface area contributed by atoms with Crippen LogP contribution in [0.5, 0.6) is 0 Å². The van der Waals surface area contributed by atoms with Gasteiger partial charge in [0.15, 0.2) is 0 Å². The fourth-order valence-corrected chi connectivity index (χ4v) is 2.33. The minimum absolute atomic E-state index is 0.0390. The Balaban J connectivity index is 2.20. The molecule has 0 amide bonds. The molecular weight excluding hydrogens is 344 g/mol. The number of benzene rings is 2. The summed E-state index contributed by atoms with van der Waals surface area (Å²) in [6.45, 7) is 2.42.